The second-order valence-corrected chi connectivity index (χ2v) is 4.71. The Morgan fingerprint density at radius 3 is 2.76 bits per heavy atom. The fourth-order valence-electron chi connectivity index (χ4n) is 2.04. The molecule has 1 fully saturated rings. The molecule has 2 heterocycles. The van der Waals surface area contributed by atoms with Crippen LogP contribution in [0.2, 0.25) is 5.28 Å². The van der Waals surface area contributed by atoms with Crippen LogP contribution in [0.1, 0.15) is 25.0 Å². The summed E-state index contributed by atoms with van der Waals surface area (Å²) in [5, 5.41) is 0.248. The molecule has 0 unspecified atom stereocenters. The van der Waals surface area contributed by atoms with Gasteiger partial charge in [-0.25, -0.2) is 4.98 Å². The zero-order valence-corrected chi connectivity index (χ0v) is 10.9. The highest BCUT2D eigenvalue weighted by molar-refractivity contribution is 6.28. The summed E-state index contributed by atoms with van der Waals surface area (Å²) in [6.07, 6.45) is 3.97. The summed E-state index contributed by atoms with van der Waals surface area (Å²) in [5.74, 6) is 0.569. The van der Waals surface area contributed by atoms with Crippen LogP contribution >= 0.6 is 11.6 Å². The first kappa shape index (κ1) is 12.6. The van der Waals surface area contributed by atoms with E-state index in [2.05, 4.69) is 14.9 Å². The molecule has 0 aromatic carbocycles. The number of likely N-dealkylation sites (tertiary alicyclic amines) is 1. The molecule has 0 radical (unpaired) electrons. The molecule has 0 bridgehead atoms. The minimum atomic E-state index is 0.248. The third-order valence-electron chi connectivity index (χ3n) is 2.91. The molecule has 1 aromatic heterocycles. The number of ether oxygens (including phenoxy) is 1. The number of halogens is 1. The molecule has 1 saturated heterocycles. The van der Waals surface area contributed by atoms with Crippen molar-refractivity contribution < 1.29 is 4.74 Å². The quantitative estimate of drug-likeness (QED) is 0.774. The monoisotopic (exact) mass is 255 g/mol. The predicted molar refractivity (Wildman–Crippen MR) is 67.6 cm³/mol. The standard InChI is InChI=1S/C12H18ClN3O/c1-10-9-11(15-12(13)14-10)17-8-7-16-5-3-2-4-6-16/h9H,2-8H2,1H3. The van der Waals surface area contributed by atoms with Crippen molar-refractivity contribution >= 4 is 11.6 Å². The molecule has 0 N–H and O–H groups in total. The Morgan fingerprint density at radius 1 is 1.29 bits per heavy atom. The Balaban J connectivity index is 1.77. The van der Waals surface area contributed by atoms with Crippen LogP contribution in [0.25, 0.3) is 0 Å². The van der Waals surface area contributed by atoms with Crippen LogP contribution < -0.4 is 4.74 Å². The maximum atomic E-state index is 5.77. The summed E-state index contributed by atoms with van der Waals surface area (Å²) in [6, 6.07) is 1.81. The Labute approximate surface area is 107 Å². The second kappa shape index (κ2) is 6.17. The van der Waals surface area contributed by atoms with Gasteiger partial charge in [-0.05, 0) is 44.5 Å². The Morgan fingerprint density at radius 2 is 2.06 bits per heavy atom. The van der Waals surface area contributed by atoms with Gasteiger partial charge in [-0.2, -0.15) is 4.98 Å². The molecule has 0 amide bonds. The molecule has 1 aliphatic heterocycles. The topological polar surface area (TPSA) is 38.2 Å². The summed E-state index contributed by atoms with van der Waals surface area (Å²) in [6.45, 7) is 5.87. The summed E-state index contributed by atoms with van der Waals surface area (Å²) in [4.78, 5) is 10.5. The number of aromatic nitrogens is 2. The number of nitrogens with zero attached hydrogens (tertiary/aromatic N) is 3. The molecule has 2 rings (SSSR count). The van der Waals surface area contributed by atoms with Crippen LogP contribution in [0, 0.1) is 6.92 Å². The van der Waals surface area contributed by atoms with Crippen molar-refractivity contribution in [1.82, 2.24) is 14.9 Å². The molecular formula is C12H18ClN3O. The molecule has 0 atom stereocenters. The van der Waals surface area contributed by atoms with Gasteiger partial charge in [0.25, 0.3) is 0 Å². The van der Waals surface area contributed by atoms with Gasteiger partial charge in [-0.1, -0.05) is 6.42 Å². The van der Waals surface area contributed by atoms with E-state index in [9.17, 15) is 0 Å². The lowest BCUT2D eigenvalue weighted by atomic mass is 10.1. The van der Waals surface area contributed by atoms with Crippen LogP contribution in [0.15, 0.2) is 6.07 Å². The smallest absolute Gasteiger partial charge is 0.225 e. The summed E-state index contributed by atoms with van der Waals surface area (Å²) >= 11 is 5.77. The van der Waals surface area contributed by atoms with E-state index in [0.717, 1.165) is 12.2 Å². The van der Waals surface area contributed by atoms with Gasteiger partial charge in [0.1, 0.15) is 6.61 Å². The van der Waals surface area contributed by atoms with E-state index in [-0.39, 0.29) is 5.28 Å². The molecule has 94 valence electrons. The maximum absolute atomic E-state index is 5.77. The minimum absolute atomic E-state index is 0.248. The van der Waals surface area contributed by atoms with Crippen molar-refractivity contribution in [3.63, 3.8) is 0 Å². The van der Waals surface area contributed by atoms with E-state index in [1.165, 1.54) is 32.4 Å². The SMILES string of the molecule is Cc1cc(OCCN2CCCCC2)nc(Cl)n1. The number of aryl methyl sites for hydroxylation is 1. The van der Waals surface area contributed by atoms with Crippen LogP contribution in [0.5, 0.6) is 5.88 Å². The zero-order chi connectivity index (χ0) is 12.1. The van der Waals surface area contributed by atoms with Crippen molar-refractivity contribution in [2.45, 2.75) is 26.2 Å². The Kier molecular flexibility index (Phi) is 4.57. The highest BCUT2D eigenvalue weighted by Gasteiger charge is 2.09. The zero-order valence-electron chi connectivity index (χ0n) is 10.2. The summed E-state index contributed by atoms with van der Waals surface area (Å²) < 4.78 is 5.59. The van der Waals surface area contributed by atoms with Crippen LogP contribution in [0.3, 0.4) is 0 Å². The van der Waals surface area contributed by atoms with Gasteiger partial charge in [0, 0.05) is 18.3 Å². The first-order valence-corrected chi connectivity index (χ1v) is 6.48. The average molecular weight is 256 g/mol. The minimum Gasteiger partial charge on any atom is -0.476 e. The van der Waals surface area contributed by atoms with Crippen LogP contribution in [-0.2, 0) is 0 Å². The third kappa shape index (κ3) is 4.13. The van der Waals surface area contributed by atoms with Gasteiger partial charge in [0.15, 0.2) is 0 Å². The molecule has 0 saturated carbocycles. The van der Waals surface area contributed by atoms with Gasteiger partial charge in [0.2, 0.25) is 11.2 Å². The highest BCUT2D eigenvalue weighted by Crippen LogP contribution is 2.12. The molecule has 5 heteroatoms. The normalized spacial score (nSPS) is 17.1. The molecule has 17 heavy (non-hydrogen) atoms. The van der Waals surface area contributed by atoms with E-state index in [4.69, 9.17) is 16.3 Å². The lowest BCUT2D eigenvalue weighted by Crippen LogP contribution is -2.33. The van der Waals surface area contributed by atoms with E-state index in [1.807, 2.05) is 13.0 Å². The first-order valence-electron chi connectivity index (χ1n) is 6.10. The molecule has 1 aromatic rings. The van der Waals surface area contributed by atoms with Gasteiger partial charge in [0.05, 0.1) is 0 Å². The van der Waals surface area contributed by atoms with Crippen molar-refractivity contribution in [1.29, 1.82) is 0 Å². The second-order valence-electron chi connectivity index (χ2n) is 4.37. The van der Waals surface area contributed by atoms with Crippen LogP contribution in [0.4, 0.5) is 0 Å². The maximum Gasteiger partial charge on any atom is 0.225 e. The highest BCUT2D eigenvalue weighted by atomic mass is 35.5. The van der Waals surface area contributed by atoms with Crippen molar-refractivity contribution in [2.75, 3.05) is 26.2 Å². The van der Waals surface area contributed by atoms with Crippen molar-refractivity contribution in [3.8, 4) is 5.88 Å². The molecule has 0 aliphatic carbocycles. The van der Waals surface area contributed by atoms with E-state index in [1.54, 1.807) is 0 Å². The van der Waals surface area contributed by atoms with E-state index in [0.29, 0.717) is 12.5 Å². The fourth-order valence-corrected chi connectivity index (χ4v) is 2.26. The number of rotatable bonds is 4. The third-order valence-corrected chi connectivity index (χ3v) is 3.08. The van der Waals surface area contributed by atoms with E-state index >= 15 is 0 Å². The molecule has 1 aliphatic rings. The number of hydrogen-bond acceptors (Lipinski definition) is 4. The average Bonchev–Trinajstić information content (AvgIpc) is 2.29. The first-order chi connectivity index (χ1) is 8.24. The van der Waals surface area contributed by atoms with Gasteiger partial charge < -0.3 is 4.74 Å². The predicted octanol–water partition coefficient (Wildman–Crippen LogP) is 2.30. The van der Waals surface area contributed by atoms with Gasteiger partial charge in [-0.15, -0.1) is 0 Å². The fraction of sp³-hybridized carbons (Fsp3) is 0.667. The summed E-state index contributed by atoms with van der Waals surface area (Å²) in [5.41, 5.74) is 0.831. The molecular weight excluding hydrogens is 238 g/mol. The lowest BCUT2D eigenvalue weighted by Gasteiger charge is -2.26. The number of piperidine rings is 1. The van der Waals surface area contributed by atoms with E-state index < -0.39 is 0 Å². The Hall–Kier alpha value is -0.870. The number of hydrogen-bond donors (Lipinski definition) is 0. The lowest BCUT2D eigenvalue weighted by molar-refractivity contribution is 0.180. The van der Waals surface area contributed by atoms with Crippen molar-refractivity contribution in [3.05, 3.63) is 17.0 Å². The van der Waals surface area contributed by atoms with Gasteiger partial charge in [-0.3, -0.25) is 4.90 Å². The van der Waals surface area contributed by atoms with Crippen molar-refractivity contribution in [2.24, 2.45) is 0 Å². The molecule has 4 nitrogen and oxygen atoms in total. The Bertz CT molecular complexity index is 347. The largest absolute Gasteiger partial charge is 0.476 e. The van der Waals surface area contributed by atoms with Gasteiger partial charge >= 0.3 is 0 Å². The molecule has 0 spiro atoms. The summed E-state index contributed by atoms with van der Waals surface area (Å²) in [7, 11) is 0. The van der Waals surface area contributed by atoms with Crippen LogP contribution in [-0.4, -0.2) is 41.1 Å².